The van der Waals surface area contributed by atoms with E-state index in [1.807, 2.05) is 19.3 Å². The molecule has 0 aliphatic carbocycles. The molecule has 0 amide bonds. The molecule has 0 fully saturated rings. The van der Waals surface area contributed by atoms with Gasteiger partial charge in [0, 0.05) is 51.0 Å². The van der Waals surface area contributed by atoms with Gasteiger partial charge in [-0.15, -0.1) is 0 Å². The van der Waals surface area contributed by atoms with Crippen LogP contribution in [0.15, 0.2) is 29.6 Å². The SMILES string of the molecule is Cc1nccn1CCN(C)CCn1cc[nH]c1=O. The second-order valence-electron chi connectivity index (χ2n) is 4.43. The van der Waals surface area contributed by atoms with Crippen molar-refractivity contribution in [3.63, 3.8) is 0 Å². The second kappa shape index (κ2) is 5.68. The zero-order chi connectivity index (χ0) is 13.0. The van der Waals surface area contributed by atoms with Crippen LogP contribution in [0.25, 0.3) is 0 Å². The molecule has 6 nitrogen and oxygen atoms in total. The highest BCUT2D eigenvalue weighted by Crippen LogP contribution is 1.96. The molecule has 0 saturated heterocycles. The number of aromatic amines is 1. The van der Waals surface area contributed by atoms with Gasteiger partial charge in [-0.3, -0.25) is 4.57 Å². The van der Waals surface area contributed by atoms with Crippen molar-refractivity contribution in [2.45, 2.75) is 20.0 Å². The molecule has 2 aromatic rings. The highest BCUT2D eigenvalue weighted by atomic mass is 16.1. The molecule has 6 heteroatoms. The topological polar surface area (TPSA) is 58.9 Å². The number of imidazole rings is 2. The Hall–Kier alpha value is -1.82. The standard InChI is InChI=1S/C12H19N5O/c1-11-13-3-5-16(11)9-7-15(2)8-10-17-6-4-14-12(17)18/h3-6H,7-10H2,1-2H3,(H,14,18). The molecule has 0 aliphatic heterocycles. The van der Waals surface area contributed by atoms with Gasteiger partial charge in [0.25, 0.3) is 0 Å². The summed E-state index contributed by atoms with van der Waals surface area (Å²) in [6.07, 6.45) is 7.24. The molecule has 0 saturated carbocycles. The first-order valence-corrected chi connectivity index (χ1v) is 6.07. The van der Waals surface area contributed by atoms with Crippen LogP contribution >= 0.6 is 0 Å². The quantitative estimate of drug-likeness (QED) is 0.801. The van der Waals surface area contributed by atoms with E-state index in [9.17, 15) is 4.79 Å². The van der Waals surface area contributed by atoms with Crippen LogP contribution in [0.1, 0.15) is 5.82 Å². The molecule has 0 spiro atoms. The van der Waals surface area contributed by atoms with Gasteiger partial charge in [-0.1, -0.05) is 0 Å². The van der Waals surface area contributed by atoms with Crippen LogP contribution in [-0.2, 0) is 13.1 Å². The van der Waals surface area contributed by atoms with E-state index in [2.05, 4.69) is 26.5 Å². The van der Waals surface area contributed by atoms with Gasteiger partial charge in [0.1, 0.15) is 5.82 Å². The van der Waals surface area contributed by atoms with Gasteiger partial charge in [-0.05, 0) is 14.0 Å². The Morgan fingerprint density at radius 1 is 1.28 bits per heavy atom. The van der Waals surface area contributed by atoms with Crippen LogP contribution in [0.3, 0.4) is 0 Å². The molecule has 18 heavy (non-hydrogen) atoms. The van der Waals surface area contributed by atoms with Crippen molar-refractivity contribution in [1.82, 2.24) is 24.0 Å². The van der Waals surface area contributed by atoms with Gasteiger partial charge in [0.2, 0.25) is 0 Å². The summed E-state index contributed by atoms with van der Waals surface area (Å²) in [5.41, 5.74) is -0.0474. The number of nitrogens with zero attached hydrogens (tertiary/aromatic N) is 4. The maximum atomic E-state index is 11.3. The summed E-state index contributed by atoms with van der Waals surface area (Å²) in [6.45, 7) is 5.42. The average Bonchev–Trinajstić information content (AvgIpc) is 2.93. The van der Waals surface area contributed by atoms with E-state index in [4.69, 9.17) is 0 Å². The number of aromatic nitrogens is 4. The number of nitrogens with one attached hydrogen (secondary N) is 1. The van der Waals surface area contributed by atoms with Crippen LogP contribution in [0.2, 0.25) is 0 Å². The van der Waals surface area contributed by atoms with Crippen LogP contribution in [-0.4, -0.2) is 44.1 Å². The van der Waals surface area contributed by atoms with Crippen LogP contribution in [0.5, 0.6) is 0 Å². The van der Waals surface area contributed by atoms with Crippen LogP contribution in [0, 0.1) is 6.92 Å². The maximum Gasteiger partial charge on any atom is 0.325 e. The second-order valence-corrected chi connectivity index (χ2v) is 4.43. The third-order valence-corrected chi connectivity index (χ3v) is 3.09. The molecule has 0 radical (unpaired) electrons. The molecule has 2 heterocycles. The van der Waals surface area contributed by atoms with Crippen molar-refractivity contribution in [3.05, 3.63) is 41.1 Å². The molecule has 2 rings (SSSR count). The van der Waals surface area contributed by atoms with E-state index in [0.29, 0.717) is 6.54 Å². The third-order valence-electron chi connectivity index (χ3n) is 3.09. The zero-order valence-electron chi connectivity index (χ0n) is 10.8. The first-order chi connectivity index (χ1) is 8.66. The number of H-pyrrole nitrogens is 1. The van der Waals surface area contributed by atoms with Crippen molar-refractivity contribution in [3.8, 4) is 0 Å². The Morgan fingerprint density at radius 2 is 2.00 bits per heavy atom. The van der Waals surface area contributed by atoms with Crippen molar-refractivity contribution < 1.29 is 0 Å². The molecule has 1 N–H and O–H groups in total. The van der Waals surface area contributed by atoms with E-state index in [-0.39, 0.29) is 5.69 Å². The van der Waals surface area contributed by atoms with Gasteiger partial charge in [0.15, 0.2) is 0 Å². The van der Waals surface area contributed by atoms with Gasteiger partial charge >= 0.3 is 5.69 Å². The number of hydrogen-bond acceptors (Lipinski definition) is 3. The molecule has 0 aromatic carbocycles. The summed E-state index contributed by atoms with van der Waals surface area (Å²) in [5, 5.41) is 0. The molecular formula is C12H19N5O. The predicted octanol–water partition coefficient (Wildman–Crippen LogP) is 0.313. The number of aryl methyl sites for hydroxylation is 1. The van der Waals surface area contributed by atoms with Gasteiger partial charge < -0.3 is 14.5 Å². The molecule has 2 aromatic heterocycles. The lowest BCUT2D eigenvalue weighted by Crippen LogP contribution is -2.29. The van der Waals surface area contributed by atoms with E-state index >= 15 is 0 Å². The van der Waals surface area contributed by atoms with Gasteiger partial charge in [-0.2, -0.15) is 0 Å². The first-order valence-electron chi connectivity index (χ1n) is 6.07. The fraction of sp³-hybridized carbons (Fsp3) is 0.500. The van der Waals surface area contributed by atoms with Crippen LogP contribution in [0.4, 0.5) is 0 Å². The number of likely N-dealkylation sites (N-methyl/N-ethyl adjacent to an activating group) is 1. The first kappa shape index (κ1) is 12.6. The minimum Gasteiger partial charge on any atom is -0.334 e. The average molecular weight is 249 g/mol. The Morgan fingerprint density at radius 3 is 2.56 bits per heavy atom. The minimum atomic E-state index is -0.0474. The summed E-state index contributed by atoms with van der Waals surface area (Å²) in [4.78, 5) is 20.3. The summed E-state index contributed by atoms with van der Waals surface area (Å²) in [5.74, 6) is 1.03. The Kier molecular flexibility index (Phi) is 3.99. The molecular weight excluding hydrogens is 230 g/mol. The van der Waals surface area contributed by atoms with Crippen molar-refractivity contribution >= 4 is 0 Å². The lowest BCUT2D eigenvalue weighted by molar-refractivity contribution is 0.303. The molecule has 0 bridgehead atoms. The smallest absolute Gasteiger partial charge is 0.325 e. The van der Waals surface area contributed by atoms with Gasteiger partial charge in [-0.25, -0.2) is 9.78 Å². The fourth-order valence-electron chi connectivity index (χ4n) is 1.83. The Balaban J connectivity index is 1.76. The molecule has 98 valence electrons. The largest absolute Gasteiger partial charge is 0.334 e. The zero-order valence-corrected chi connectivity index (χ0v) is 10.8. The Bertz CT molecular complexity index is 538. The molecule has 0 unspecified atom stereocenters. The van der Waals surface area contributed by atoms with Crippen molar-refractivity contribution in [2.24, 2.45) is 0 Å². The lowest BCUT2D eigenvalue weighted by atomic mass is 10.4. The molecule has 0 aliphatic rings. The fourth-order valence-corrected chi connectivity index (χ4v) is 1.83. The molecule has 0 atom stereocenters. The minimum absolute atomic E-state index is 0.0474. The van der Waals surface area contributed by atoms with E-state index in [0.717, 1.165) is 25.5 Å². The maximum absolute atomic E-state index is 11.3. The van der Waals surface area contributed by atoms with Crippen LogP contribution < -0.4 is 5.69 Å². The number of rotatable bonds is 6. The Labute approximate surface area is 106 Å². The third kappa shape index (κ3) is 3.10. The van der Waals surface area contributed by atoms with E-state index in [1.54, 1.807) is 17.0 Å². The van der Waals surface area contributed by atoms with E-state index < -0.39 is 0 Å². The monoisotopic (exact) mass is 249 g/mol. The summed E-state index contributed by atoms with van der Waals surface area (Å²) in [7, 11) is 2.06. The summed E-state index contributed by atoms with van der Waals surface area (Å²) >= 11 is 0. The van der Waals surface area contributed by atoms with Crippen molar-refractivity contribution in [1.29, 1.82) is 0 Å². The summed E-state index contributed by atoms with van der Waals surface area (Å²) in [6, 6.07) is 0. The van der Waals surface area contributed by atoms with Crippen molar-refractivity contribution in [2.75, 3.05) is 20.1 Å². The normalized spacial score (nSPS) is 11.3. The predicted molar refractivity (Wildman–Crippen MR) is 69.5 cm³/mol. The van der Waals surface area contributed by atoms with E-state index in [1.165, 1.54) is 0 Å². The highest BCUT2D eigenvalue weighted by Gasteiger charge is 2.02. The lowest BCUT2D eigenvalue weighted by Gasteiger charge is -2.17. The highest BCUT2D eigenvalue weighted by molar-refractivity contribution is 4.88. The van der Waals surface area contributed by atoms with Gasteiger partial charge in [0.05, 0.1) is 0 Å². The summed E-state index contributed by atoms with van der Waals surface area (Å²) < 4.78 is 3.80. The number of hydrogen-bond donors (Lipinski definition) is 1.